The molecule has 0 saturated carbocycles. The number of hydrogen-bond donors (Lipinski definition) is 3. The Morgan fingerprint density at radius 3 is 3.00 bits per heavy atom. The van der Waals surface area contributed by atoms with Crippen LogP contribution < -0.4 is 16.6 Å². The van der Waals surface area contributed by atoms with Crippen LogP contribution >= 0.6 is 11.3 Å². The molecule has 0 unspecified atom stereocenters. The van der Waals surface area contributed by atoms with Crippen LogP contribution in [0.4, 0.5) is 11.6 Å². The van der Waals surface area contributed by atoms with Crippen LogP contribution in [0.25, 0.3) is 10.9 Å². The molecule has 0 amide bonds. The summed E-state index contributed by atoms with van der Waals surface area (Å²) in [7, 11) is 0. The number of aromatic nitrogens is 2. The average molecular weight is 286 g/mol. The maximum Gasteiger partial charge on any atom is 0.260 e. The van der Waals surface area contributed by atoms with Gasteiger partial charge in [-0.15, -0.1) is 11.3 Å². The molecule has 0 atom stereocenters. The molecule has 0 spiro atoms. The van der Waals surface area contributed by atoms with Crippen molar-refractivity contribution in [2.24, 2.45) is 0 Å². The summed E-state index contributed by atoms with van der Waals surface area (Å²) in [6.07, 6.45) is 0. The predicted octanol–water partition coefficient (Wildman–Crippen LogP) is 2.49. The fourth-order valence-corrected chi connectivity index (χ4v) is 2.84. The molecule has 0 aliphatic carbocycles. The molecule has 2 heterocycles. The van der Waals surface area contributed by atoms with Crippen LogP contribution in [0.5, 0.6) is 0 Å². The Labute approximate surface area is 119 Å². The zero-order valence-corrected chi connectivity index (χ0v) is 11.8. The van der Waals surface area contributed by atoms with Gasteiger partial charge in [-0.1, -0.05) is 0 Å². The highest BCUT2D eigenvalue weighted by molar-refractivity contribution is 7.10. The van der Waals surface area contributed by atoms with Crippen LogP contribution in [-0.2, 0) is 6.54 Å². The molecule has 0 aliphatic rings. The van der Waals surface area contributed by atoms with Crippen molar-refractivity contribution in [2.75, 3.05) is 11.1 Å². The third-order valence-electron chi connectivity index (χ3n) is 3.11. The molecule has 0 aliphatic heterocycles. The van der Waals surface area contributed by atoms with Crippen LogP contribution in [0, 0.1) is 6.92 Å². The van der Waals surface area contributed by atoms with Gasteiger partial charge in [0, 0.05) is 10.6 Å². The minimum atomic E-state index is -0.187. The zero-order chi connectivity index (χ0) is 14.1. The average Bonchev–Trinajstić information content (AvgIpc) is 2.83. The number of aryl methyl sites for hydroxylation is 1. The highest BCUT2D eigenvalue weighted by Crippen LogP contribution is 2.17. The first-order chi connectivity index (χ1) is 9.63. The number of nitrogens with one attached hydrogen (secondary N) is 2. The molecule has 2 aromatic heterocycles. The Hall–Kier alpha value is -2.34. The monoisotopic (exact) mass is 286 g/mol. The molecule has 0 bridgehead atoms. The van der Waals surface area contributed by atoms with Crippen LogP contribution in [0.2, 0.25) is 0 Å². The number of rotatable bonds is 3. The number of nitrogens with two attached hydrogens (primary N) is 1. The van der Waals surface area contributed by atoms with Crippen molar-refractivity contribution >= 4 is 33.9 Å². The first kappa shape index (κ1) is 12.7. The van der Waals surface area contributed by atoms with E-state index in [0.717, 1.165) is 0 Å². The number of H-pyrrole nitrogens is 1. The summed E-state index contributed by atoms with van der Waals surface area (Å²) in [6.45, 7) is 2.71. The van der Waals surface area contributed by atoms with Crippen molar-refractivity contribution in [2.45, 2.75) is 13.5 Å². The van der Waals surface area contributed by atoms with Gasteiger partial charge in [-0.25, -0.2) is 4.98 Å². The van der Waals surface area contributed by atoms with E-state index in [-0.39, 0.29) is 5.56 Å². The summed E-state index contributed by atoms with van der Waals surface area (Å²) < 4.78 is 0. The van der Waals surface area contributed by atoms with Crippen molar-refractivity contribution in [1.82, 2.24) is 9.97 Å². The number of benzene rings is 1. The number of fused-ring (bicyclic) bond motifs is 1. The molecular formula is C14H14N4OS. The lowest BCUT2D eigenvalue weighted by Crippen LogP contribution is -2.13. The second-order valence-corrected chi connectivity index (χ2v) is 5.57. The number of hydrogen-bond acceptors (Lipinski definition) is 5. The number of nitrogens with zero attached hydrogens (tertiary/aromatic N) is 1. The van der Waals surface area contributed by atoms with Gasteiger partial charge in [-0.2, -0.15) is 0 Å². The third-order valence-corrected chi connectivity index (χ3v) is 4.14. The van der Waals surface area contributed by atoms with E-state index in [1.54, 1.807) is 29.5 Å². The van der Waals surface area contributed by atoms with Crippen LogP contribution in [-0.4, -0.2) is 9.97 Å². The first-order valence-corrected chi connectivity index (χ1v) is 7.08. The molecule has 0 radical (unpaired) electrons. The SMILES string of the molecule is Cc1ccsc1CNc1nc2ccc(N)cc2c(=O)[nH]1. The smallest absolute Gasteiger partial charge is 0.260 e. The Morgan fingerprint density at radius 2 is 2.25 bits per heavy atom. The lowest BCUT2D eigenvalue weighted by molar-refractivity contribution is 1.07. The first-order valence-electron chi connectivity index (χ1n) is 6.20. The molecule has 6 heteroatoms. The normalized spacial score (nSPS) is 10.8. The molecule has 4 N–H and O–H groups in total. The summed E-state index contributed by atoms with van der Waals surface area (Å²) in [5.74, 6) is 0.472. The van der Waals surface area contributed by atoms with E-state index in [9.17, 15) is 4.79 Å². The van der Waals surface area contributed by atoms with Crippen molar-refractivity contribution in [3.63, 3.8) is 0 Å². The van der Waals surface area contributed by atoms with Crippen molar-refractivity contribution in [3.8, 4) is 0 Å². The topological polar surface area (TPSA) is 83.8 Å². The van der Waals surface area contributed by atoms with E-state index in [0.29, 0.717) is 29.1 Å². The maximum atomic E-state index is 12.0. The quantitative estimate of drug-likeness (QED) is 0.646. The van der Waals surface area contributed by atoms with E-state index in [4.69, 9.17) is 5.73 Å². The fourth-order valence-electron chi connectivity index (χ4n) is 1.99. The molecule has 0 saturated heterocycles. The second kappa shape index (κ2) is 4.97. The van der Waals surface area contributed by atoms with Gasteiger partial charge in [0.25, 0.3) is 5.56 Å². The summed E-state index contributed by atoms with van der Waals surface area (Å²) in [6, 6.07) is 7.19. The molecule has 1 aromatic carbocycles. The molecular weight excluding hydrogens is 272 g/mol. The van der Waals surface area contributed by atoms with Crippen molar-refractivity contribution in [3.05, 3.63) is 50.4 Å². The van der Waals surface area contributed by atoms with Gasteiger partial charge in [0.15, 0.2) is 0 Å². The second-order valence-electron chi connectivity index (χ2n) is 4.57. The van der Waals surface area contributed by atoms with Crippen LogP contribution in [0.3, 0.4) is 0 Å². The molecule has 3 aromatic rings. The number of aromatic amines is 1. The molecule has 0 fully saturated rings. The Bertz CT molecular complexity index is 821. The Balaban J connectivity index is 1.91. The zero-order valence-electron chi connectivity index (χ0n) is 10.9. The molecule has 20 heavy (non-hydrogen) atoms. The Kier molecular flexibility index (Phi) is 3.15. The summed E-state index contributed by atoms with van der Waals surface area (Å²) in [5.41, 5.74) is 7.91. The number of thiophene rings is 1. The van der Waals surface area contributed by atoms with Gasteiger partial charge in [-0.05, 0) is 42.1 Å². The largest absolute Gasteiger partial charge is 0.399 e. The van der Waals surface area contributed by atoms with Crippen LogP contribution in [0.15, 0.2) is 34.4 Å². The minimum Gasteiger partial charge on any atom is -0.399 e. The lowest BCUT2D eigenvalue weighted by atomic mass is 10.2. The van der Waals surface area contributed by atoms with E-state index in [1.165, 1.54) is 10.4 Å². The highest BCUT2D eigenvalue weighted by atomic mass is 32.1. The fraction of sp³-hybridized carbons (Fsp3) is 0.143. The number of nitrogen functional groups attached to an aromatic ring is 1. The maximum absolute atomic E-state index is 12.0. The molecule has 102 valence electrons. The summed E-state index contributed by atoms with van der Waals surface area (Å²) >= 11 is 1.68. The molecule has 3 rings (SSSR count). The summed E-state index contributed by atoms with van der Waals surface area (Å²) in [5, 5.41) is 5.70. The molecule has 5 nitrogen and oxygen atoms in total. The van der Waals surface area contributed by atoms with Gasteiger partial charge in [-0.3, -0.25) is 9.78 Å². The van der Waals surface area contributed by atoms with Crippen molar-refractivity contribution < 1.29 is 0 Å². The number of anilines is 2. The van der Waals surface area contributed by atoms with Crippen molar-refractivity contribution in [1.29, 1.82) is 0 Å². The Morgan fingerprint density at radius 1 is 1.40 bits per heavy atom. The van der Waals surface area contributed by atoms with Crippen LogP contribution in [0.1, 0.15) is 10.4 Å². The van der Waals surface area contributed by atoms with Gasteiger partial charge in [0.05, 0.1) is 17.4 Å². The van der Waals surface area contributed by atoms with E-state index < -0.39 is 0 Å². The summed E-state index contributed by atoms with van der Waals surface area (Å²) in [4.78, 5) is 20.3. The lowest BCUT2D eigenvalue weighted by Gasteiger charge is -2.06. The van der Waals surface area contributed by atoms with Gasteiger partial charge in [0.2, 0.25) is 5.95 Å². The third kappa shape index (κ3) is 2.37. The van der Waals surface area contributed by atoms with E-state index in [2.05, 4.69) is 28.3 Å². The van der Waals surface area contributed by atoms with Gasteiger partial charge in [0.1, 0.15) is 0 Å². The minimum absolute atomic E-state index is 0.187. The van der Waals surface area contributed by atoms with E-state index in [1.807, 2.05) is 5.38 Å². The standard InChI is InChI=1S/C14H14N4OS/c1-8-4-5-20-12(8)7-16-14-17-11-3-2-9(15)6-10(11)13(19)18-14/h2-6H,7,15H2,1H3,(H2,16,17,18,19). The van der Waals surface area contributed by atoms with Gasteiger partial charge < -0.3 is 11.1 Å². The predicted molar refractivity (Wildman–Crippen MR) is 83.2 cm³/mol. The van der Waals surface area contributed by atoms with Gasteiger partial charge >= 0.3 is 0 Å². The highest BCUT2D eigenvalue weighted by Gasteiger charge is 2.05. The van der Waals surface area contributed by atoms with E-state index >= 15 is 0 Å².